The zero-order chi connectivity index (χ0) is 91.1. The summed E-state index contributed by atoms with van der Waals surface area (Å²) in [4.78, 5) is 43.1. The third-order valence-corrected chi connectivity index (χ3v) is 18.3. The molecule has 0 atom stereocenters. The maximum absolute atomic E-state index is 13.9. The summed E-state index contributed by atoms with van der Waals surface area (Å²) in [7, 11) is 1.38. The normalized spacial score (nSPS) is 13.3. The molecule has 0 radical (unpaired) electrons. The van der Waals surface area contributed by atoms with Crippen LogP contribution in [0.15, 0.2) is 190 Å². The van der Waals surface area contributed by atoms with E-state index in [1.807, 2.05) is 24.3 Å². The number of fused-ring (bicyclic) bond motifs is 5. The standard InChI is InChI=1S/C18H14F2N4.C17H14F5N3O2.C15H10F6N4O.C15H9F6N3O.C15H10F5N3/c1-17(19,20)15-8-23-16-9-22-14(10-24(15)16)12-2-4-13(5-3-12)18(11-21)6-7-18;1-16(18,19)14-6-24-15-7-23-13(8-25(14)15)12-4-3-11(27-17(20,21)22)5-10(12)9-26-2;1-14(17,18)11-4-23-12-5-22-10(6-25(11)12)8-2-9(16)13(24-3-8)26-7-15(19,20)21;1-8-12(14(16,17)18)24-7-10(6-22-13(24)23-8)9-2-4-11(5-3-9)25-15(19,20)21;1-14(16,17)12-6-22-13-7-21-11(8-23(12)13)9-2-4-10(5-3-9)15(18,19)20/h2-5,8-10H,6-7H2,1H3;3-8H,9H2,1-2H3;2-6H,7H2,1H3;2-7H,1H3;2-8H,1H3. The summed E-state index contributed by atoms with van der Waals surface area (Å²) >= 11 is 0. The third kappa shape index (κ3) is 21.7. The van der Waals surface area contributed by atoms with E-state index < -0.39 is 102 Å². The molecule has 1 aliphatic carbocycles. The molecule has 1 saturated carbocycles. The monoisotopic (exact) mass is 1780 g/mol. The summed E-state index contributed by atoms with van der Waals surface area (Å²) in [5.74, 6) is -15.3. The molecule has 15 aromatic rings. The van der Waals surface area contributed by atoms with Crippen LogP contribution >= 0.6 is 0 Å². The molecule has 4 aromatic carbocycles. The van der Waals surface area contributed by atoms with Crippen LogP contribution in [0, 0.1) is 24.1 Å². The Morgan fingerprint density at radius 1 is 0.416 bits per heavy atom. The van der Waals surface area contributed by atoms with Crippen molar-refractivity contribution in [3.63, 3.8) is 0 Å². The minimum Gasteiger partial charge on any atom is -0.466 e. The molecule has 654 valence electrons. The van der Waals surface area contributed by atoms with Gasteiger partial charge in [-0.2, -0.15) is 79.9 Å². The first-order valence-electron chi connectivity index (χ1n) is 35.8. The van der Waals surface area contributed by atoms with Gasteiger partial charge in [-0.05, 0) is 85.0 Å². The molecule has 11 aromatic heterocycles. The summed E-state index contributed by atoms with van der Waals surface area (Å²) in [6.45, 7) is 2.55. The Morgan fingerprint density at radius 3 is 1.22 bits per heavy atom. The molecular weight excluding hydrogens is 1720 g/mol. The Morgan fingerprint density at radius 2 is 0.824 bits per heavy atom. The second-order valence-electron chi connectivity index (χ2n) is 27.8. The lowest BCUT2D eigenvalue weighted by molar-refractivity contribution is -0.275. The fraction of sp³-hybridized carbons (Fsp3) is 0.250. The average Bonchev–Trinajstić information content (AvgIpc) is 1.77. The predicted octanol–water partition coefficient (Wildman–Crippen LogP) is 21.7. The molecule has 0 amide bonds. The van der Waals surface area contributed by atoms with E-state index in [4.69, 9.17) is 4.74 Å². The van der Waals surface area contributed by atoms with Gasteiger partial charge in [-0.25, -0.2) is 39.3 Å². The summed E-state index contributed by atoms with van der Waals surface area (Å²) in [5, 5.41) is 9.25. The summed E-state index contributed by atoms with van der Waals surface area (Å²) < 4.78 is 333. The number of hydrogen-bond acceptors (Lipinski definition) is 16. The van der Waals surface area contributed by atoms with Gasteiger partial charge < -0.3 is 18.9 Å². The first-order valence-corrected chi connectivity index (χ1v) is 35.8. The van der Waals surface area contributed by atoms with Crippen LogP contribution in [0.2, 0.25) is 0 Å². The average molecular weight is 1780 g/mol. The highest BCUT2D eigenvalue weighted by Gasteiger charge is 2.45. The quantitative estimate of drug-likeness (QED) is 0.0820. The van der Waals surface area contributed by atoms with Crippen molar-refractivity contribution in [2.45, 2.75) is 114 Å². The number of aryl methyl sites for hydroxylation is 1. The van der Waals surface area contributed by atoms with Crippen molar-refractivity contribution >= 4 is 28.4 Å². The molecule has 21 nitrogen and oxygen atoms in total. The van der Waals surface area contributed by atoms with Crippen LogP contribution in [-0.4, -0.2) is 109 Å². The first kappa shape index (κ1) is 90.5. The molecule has 1 aliphatic rings. The van der Waals surface area contributed by atoms with Gasteiger partial charge in [0.15, 0.2) is 40.7 Å². The van der Waals surface area contributed by atoms with Crippen molar-refractivity contribution in [3.05, 3.63) is 247 Å². The summed E-state index contributed by atoms with van der Waals surface area (Å²) in [6, 6.07) is 23.5. The zero-order valence-electron chi connectivity index (χ0n) is 64.5. The SMILES string of the molecule is CC(F)(F)c1cnc2cnc(-c3ccc(C(F)(F)F)cc3)cn12.CC(F)(F)c1cnc2cnc(-c3ccc(C4(C#N)CC4)cc3)cn12.CC(F)(F)c1cnc2cnc(-c3cnc(OCC(F)(F)F)c(F)c3)cn12.COCc1cc(OC(F)(F)F)ccc1-c1cn2c(C(C)(F)F)cnc2cn1.Cc1nc2ncc(-c3ccc(OC(F)(F)F)cc3)cn2c1C(F)(F)F. The molecular formula is C80H57F24N17O4. The van der Waals surface area contributed by atoms with Crippen molar-refractivity contribution in [1.29, 1.82) is 5.26 Å². The van der Waals surface area contributed by atoms with Crippen LogP contribution in [0.1, 0.15) is 91.4 Å². The first-order chi connectivity index (χ1) is 58.3. The van der Waals surface area contributed by atoms with E-state index in [2.05, 4.69) is 75.1 Å². The van der Waals surface area contributed by atoms with Crippen molar-refractivity contribution in [3.8, 4) is 79.6 Å². The van der Waals surface area contributed by atoms with Gasteiger partial charge in [0.25, 0.3) is 29.6 Å². The van der Waals surface area contributed by atoms with Crippen LogP contribution in [0.25, 0.3) is 84.5 Å². The van der Waals surface area contributed by atoms with Crippen molar-refractivity contribution in [1.82, 2.24) is 76.8 Å². The van der Waals surface area contributed by atoms with Gasteiger partial charge >= 0.3 is 31.3 Å². The van der Waals surface area contributed by atoms with Crippen LogP contribution in [0.3, 0.4) is 0 Å². The number of halogens is 24. The molecule has 0 saturated heterocycles. The maximum Gasteiger partial charge on any atom is 0.573 e. The topological polar surface area (TPSA) is 225 Å². The highest BCUT2D eigenvalue weighted by molar-refractivity contribution is 5.68. The molecule has 0 aliphatic heterocycles. The van der Waals surface area contributed by atoms with Crippen LogP contribution in [0.5, 0.6) is 17.4 Å². The van der Waals surface area contributed by atoms with Crippen molar-refractivity contribution in [2.24, 2.45) is 0 Å². The largest absolute Gasteiger partial charge is 0.573 e. The number of alkyl halides is 23. The molecule has 16 rings (SSSR count). The Labute approximate surface area is 686 Å². The van der Waals surface area contributed by atoms with E-state index in [0.717, 1.165) is 115 Å². The molecule has 0 N–H and O–H groups in total. The molecule has 0 unspecified atom stereocenters. The molecule has 0 bridgehead atoms. The highest BCUT2D eigenvalue weighted by Crippen LogP contribution is 2.48. The summed E-state index contributed by atoms with van der Waals surface area (Å²) in [6.07, 6.45) is -3.03. The van der Waals surface area contributed by atoms with E-state index in [1.54, 1.807) is 6.20 Å². The molecule has 1 fully saturated rings. The smallest absolute Gasteiger partial charge is 0.466 e. The lowest BCUT2D eigenvalue weighted by Gasteiger charge is -2.14. The van der Waals surface area contributed by atoms with Gasteiger partial charge in [-0.3, -0.25) is 41.9 Å². The van der Waals surface area contributed by atoms with Gasteiger partial charge in [0, 0.05) is 106 Å². The van der Waals surface area contributed by atoms with Crippen LogP contribution in [-0.2, 0) is 52.8 Å². The number of hydrogen-bond donors (Lipinski definition) is 0. The minimum atomic E-state index is -4.83. The summed E-state index contributed by atoms with van der Waals surface area (Å²) in [5.41, 5.74) is 2.43. The van der Waals surface area contributed by atoms with Gasteiger partial charge in [0.1, 0.15) is 34.3 Å². The van der Waals surface area contributed by atoms with Gasteiger partial charge in [-0.15, -0.1) is 26.3 Å². The Kier molecular flexibility index (Phi) is 24.8. The van der Waals surface area contributed by atoms with Gasteiger partial charge in [0.2, 0.25) is 5.78 Å². The van der Waals surface area contributed by atoms with E-state index in [9.17, 15) is 111 Å². The number of pyridine rings is 1. The Hall–Kier alpha value is -13.7. The number of methoxy groups -OCH3 is 1. The number of aromatic nitrogens is 16. The van der Waals surface area contributed by atoms with E-state index in [-0.39, 0.29) is 85.7 Å². The number of rotatable bonds is 16. The molecule has 11 heterocycles. The number of nitriles is 1. The predicted molar refractivity (Wildman–Crippen MR) is 395 cm³/mol. The molecule has 125 heavy (non-hydrogen) atoms. The zero-order valence-corrected chi connectivity index (χ0v) is 64.5. The van der Waals surface area contributed by atoms with E-state index in [0.29, 0.717) is 40.5 Å². The minimum absolute atomic E-state index is 0.0230. The van der Waals surface area contributed by atoms with E-state index >= 15 is 0 Å². The van der Waals surface area contributed by atoms with Gasteiger partial charge in [0.05, 0.1) is 102 Å². The lowest BCUT2D eigenvalue weighted by Crippen LogP contribution is -2.20. The third-order valence-electron chi connectivity index (χ3n) is 18.3. The molecule has 45 heteroatoms. The number of imidazole rings is 5. The fourth-order valence-electron chi connectivity index (χ4n) is 12.3. The number of benzene rings is 4. The Balaban J connectivity index is 0.000000142. The fourth-order valence-corrected chi connectivity index (χ4v) is 12.3. The highest BCUT2D eigenvalue weighted by atomic mass is 19.4. The number of ether oxygens (including phenoxy) is 4. The maximum atomic E-state index is 13.9. The second kappa shape index (κ2) is 34.2. The number of nitrogens with zero attached hydrogens (tertiary/aromatic N) is 17. The van der Waals surface area contributed by atoms with Crippen LogP contribution in [0.4, 0.5) is 105 Å². The van der Waals surface area contributed by atoms with Crippen LogP contribution < -0.4 is 14.2 Å². The van der Waals surface area contributed by atoms with Gasteiger partial charge in [-0.1, -0.05) is 48.5 Å². The second-order valence-corrected chi connectivity index (χ2v) is 27.8. The van der Waals surface area contributed by atoms with E-state index in [1.165, 1.54) is 126 Å². The molecule has 0 spiro atoms. The lowest BCUT2D eigenvalue weighted by atomic mass is 9.96. The van der Waals surface area contributed by atoms with Crippen molar-refractivity contribution in [2.75, 3.05) is 13.7 Å². The Bertz CT molecular complexity index is 6430. The van der Waals surface area contributed by atoms with Crippen molar-refractivity contribution < 1.29 is 124 Å².